The zero-order valence-electron chi connectivity index (χ0n) is 22.0. The molecule has 0 aliphatic carbocycles. The van der Waals surface area contributed by atoms with Crippen molar-refractivity contribution in [1.29, 1.82) is 0 Å². The zero-order valence-corrected chi connectivity index (χ0v) is 22.0. The molecule has 0 fully saturated rings. The third-order valence-corrected chi connectivity index (χ3v) is 4.93. The summed E-state index contributed by atoms with van der Waals surface area (Å²) >= 11 is 0. The van der Waals surface area contributed by atoms with Gasteiger partial charge in [-0.1, -0.05) is 44.2 Å². The van der Waals surface area contributed by atoms with Gasteiger partial charge in [-0.3, -0.25) is 9.59 Å². The molecular weight excluding hydrogens is 495 g/mol. The number of urea groups is 1. The number of amides is 3. The molecule has 208 valence electrons. The molecule has 1 rings (SSSR count). The number of nitrogens with one attached hydrogen (secondary N) is 2. The Bertz CT molecular complexity index is 916. The lowest BCUT2D eigenvalue weighted by molar-refractivity contribution is -0.187. The SMILES string of the molecule is CCOC(=O)CNC(=O)N(Cc1ccccc1)C[C@@H](C(=O)N[C@H](C(=O)OC(C)(C)C)C(C)C)C(F)(F)F. The van der Waals surface area contributed by atoms with E-state index in [1.54, 1.807) is 71.9 Å². The fourth-order valence-corrected chi connectivity index (χ4v) is 3.17. The topological polar surface area (TPSA) is 114 Å². The average molecular weight is 532 g/mol. The van der Waals surface area contributed by atoms with E-state index in [-0.39, 0.29) is 13.2 Å². The monoisotopic (exact) mass is 531 g/mol. The molecule has 2 N–H and O–H groups in total. The van der Waals surface area contributed by atoms with Crippen molar-refractivity contribution in [2.75, 3.05) is 19.7 Å². The Hall–Kier alpha value is -3.31. The Morgan fingerprint density at radius 1 is 1.03 bits per heavy atom. The second-order valence-electron chi connectivity index (χ2n) is 9.69. The number of hydrogen-bond donors (Lipinski definition) is 2. The van der Waals surface area contributed by atoms with E-state index in [0.29, 0.717) is 5.56 Å². The Labute approximate surface area is 215 Å². The van der Waals surface area contributed by atoms with Gasteiger partial charge in [0.25, 0.3) is 0 Å². The van der Waals surface area contributed by atoms with Crippen LogP contribution in [0.3, 0.4) is 0 Å². The van der Waals surface area contributed by atoms with Crippen LogP contribution in [0.2, 0.25) is 0 Å². The van der Waals surface area contributed by atoms with Gasteiger partial charge in [-0.2, -0.15) is 13.2 Å². The molecule has 0 heterocycles. The predicted octanol–water partition coefficient (Wildman–Crippen LogP) is 3.42. The number of halogens is 3. The fraction of sp³-hybridized carbons (Fsp3) is 0.600. The highest BCUT2D eigenvalue weighted by molar-refractivity contribution is 5.87. The molecule has 3 amide bonds. The van der Waals surface area contributed by atoms with Gasteiger partial charge in [0.1, 0.15) is 18.2 Å². The molecule has 0 aliphatic rings. The molecule has 9 nitrogen and oxygen atoms in total. The lowest BCUT2D eigenvalue weighted by Gasteiger charge is -2.31. The highest BCUT2D eigenvalue weighted by Crippen LogP contribution is 2.28. The molecule has 0 spiro atoms. The van der Waals surface area contributed by atoms with Crippen molar-refractivity contribution < 1.29 is 41.8 Å². The summed E-state index contributed by atoms with van der Waals surface area (Å²) in [6.45, 7) is 7.64. The molecule has 37 heavy (non-hydrogen) atoms. The largest absolute Gasteiger partial charge is 0.465 e. The maximum absolute atomic E-state index is 14.1. The van der Waals surface area contributed by atoms with E-state index >= 15 is 0 Å². The van der Waals surface area contributed by atoms with Crippen molar-refractivity contribution in [3.63, 3.8) is 0 Å². The number of carbonyl (C=O) groups is 4. The van der Waals surface area contributed by atoms with Crippen LogP contribution in [0.15, 0.2) is 30.3 Å². The van der Waals surface area contributed by atoms with Crippen LogP contribution in [0, 0.1) is 11.8 Å². The van der Waals surface area contributed by atoms with Gasteiger partial charge in [-0.25, -0.2) is 9.59 Å². The van der Waals surface area contributed by atoms with E-state index in [4.69, 9.17) is 9.47 Å². The van der Waals surface area contributed by atoms with Crippen molar-refractivity contribution >= 4 is 23.9 Å². The number of esters is 2. The minimum atomic E-state index is -5.05. The van der Waals surface area contributed by atoms with Crippen LogP contribution in [0.1, 0.15) is 47.1 Å². The maximum Gasteiger partial charge on any atom is 0.402 e. The molecule has 0 aliphatic heterocycles. The van der Waals surface area contributed by atoms with Gasteiger partial charge in [0.15, 0.2) is 5.92 Å². The van der Waals surface area contributed by atoms with Crippen molar-refractivity contribution in [2.24, 2.45) is 11.8 Å². The molecular formula is C25H36F3N3O6. The first-order valence-electron chi connectivity index (χ1n) is 11.9. The number of benzene rings is 1. The van der Waals surface area contributed by atoms with Crippen molar-refractivity contribution in [3.8, 4) is 0 Å². The quantitative estimate of drug-likeness (QED) is 0.423. The number of ether oxygens (including phenoxy) is 2. The lowest BCUT2D eigenvalue weighted by atomic mass is 10.0. The van der Waals surface area contributed by atoms with Crippen LogP contribution in [0.25, 0.3) is 0 Å². The first-order valence-corrected chi connectivity index (χ1v) is 11.9. The number of carbonyl (C=O) groups excluding carboxylic acids is 4. The molecule has 2 atom stereocenters. The molecule has 1 aromatic carbocycles. The molecule has 1 aromatic rings. The predicted molar refractivity (Wildman–Crippen MR) is 129 cm³/mol. The van der Waals surface area contributed by atoms with Crippen LogP contribution in [-0.2, 0) is 30.4 Å². The number of hydrogen-bond acceptors (Lipinski definition) is 6. The molecule has 0 aromatic heterocycles. The Morgan fingerprint density at radius 2 is 1.62 bits per heavy atom. The first-order chi connectivity index (χ1) is 17.0. The minimum Gasteiger partial charge on any atom is -0.465 e. The van der Waals surface area contributed by atoms with Gasteiger partial charge in [-0.15, -0.1) is 0 Å². The summed E-state index contributed by atoms with van der Waals surface area (Å²) in [4.78, 5) is 50.6. The van der Waals surface area contributed by atoms with Crippen LogP contribution in [0.4, 0.5) is 18.0 Å². The second kappa shape index (κ2) is 13.8. The van der Waals surface area contributed by atoms with Gasteiger partial charge < -0.3 is 25.0 Å². The van der Waals surface area contributed by atoms with Gasteiger partial charge in [0.2, 0.25) is 5.91 Å². The van der Waals surface area contributed by atoms with E-state index in [9.17, 15) is 32.3 Å². The Kier molecular flexibility index (Phi) is 11.9. The van der Waals surface area contributed by atoms with E-state index < -0.39 is 66.6 Å². The summed E-state index contributed by atoms with van der Waals surface area (Å²) < 4.78 is 52.2. The van der Waals surface area contributed by atoms with E-state index in [2.05, 4.69) is 10.6 Å². The van der Waals surface area contributed by atoms with Crippen molar-refractivity contribution in [1.82, 2.24) is 15.5 Å². The number of rotatable bonds is 11. The lowest BCUT2D eigenvalue weighted by Crippen LogP contribution is -2.54. The van der Waals surface area contributed by atoms with Crippen LogP contribution in [-0.4, -0.2) is 66.3 Å². The average Bonchev–Trinajstić information content (AvgIpc) is 2.77. The highest BCUT2D eigenvalue weighted by Gasteiger charge is 2.47. The standard InChI is InChI=1S/C25H36F3N3O6/c1-7-36-19(32)13-29-23(35)31(14-17-11-9-8-10-12-17)15-18(25(26,27)28)21(33)30-20(16(2)3)22(34)37-24(4,5)6/h8-12,16,18,20H,7,13-15H2,1-6H3,(H,29,35)(H,30,33)/t18-,20-/m0/s1. The molecule has 0 unspecified atom stereocenters. The van der Waals surface area contributed by atoms with Crippen molar-refractivity contribution in [3.05, 3.63) is 35.9 Å². The van der Waals surface area contributed by atoms with Crippen LogP contribution >= 0.6 is 0 Å². The Balaban J connectivity index is 3.19. The fourth-order valence-electron chi connectivity index (χ4n) is 3.17. The van der Waals surface area contributed by atoms with Crippen LogP contribution in [0.5, 0.6) is 0 Å². The number of alkyl halides is 3. The van der Waals surface area contributed by atoms with Gasteiger partial charge >= 0.3 is 24.1 Å². The zero-order chi connectivity index (χ0) is 28.4. The molecule has 12 heteroatoms. The maximum atomic E-state index is 14.1. The molecule has 0 saturated carbocycles. The molecule has 0 radical (unpaired) electrons. The first kappa shape index (κ1) is 31.7. The summed E-state index contributed by atoms with van der Waals surface area (Å²) in [6.07, 6.45) is -5.05. The third-order valence-electron chi connectivity index (χ3n) is 4.93. The third kappa shape index (κ3) is 11.5. The smallest absolute Gasteiger partial charge is 0.402 e. The van der Waals surface area contributed by atoms with Gasteiger partial charge in [0, 0.05) is 13.1 Å². The van der Waals surface area contributed by atoms with E-state index in [0.717, 1.165) is 4.90 Å². The van der Waals surface area contributed by atoms with Gasteiger partial charge in [0.05, 0.1) is 6.61 Å². The summed E-state index contributed by atoms with van der Waals surface area (Å²) in [5.74, 6) is -6.34. The minimum absolute atomic E-state index is 0.0629. The van der Waals surface area contributed by atoms with Gasteiger partial charge in [-0.05, 0) is 39.2 Å². The van der Waals surface area contributed by atoms with E-state index in [1.165, 1.54) is 0 Å². The van der Waals surface area contributed by atoms with Crippen LogP contribution < -0.4 is 10.6 Å². The highest BCUT2D eigenvalue weighted by atomic mass is 19.4. The summed E-state index contributed by atoms with van der Waals surface area (Å²) in [5.41, 5.74) is -0.411. The number of nitrogens with zero attached hydrogens (tertiary/aromatic N) is 1. The summed E-state index contributed by atoms with van der Waals surface area (Å²) in [7, 11) is 0. The van der Waals surface area contributed by atoms with E-state index in [1.807, 2.05) is 0 Å². The molecule has 0 bridgehead atoms. The summed E-state index contributed by atoms with van der Waals surface area (Å²) in [6, 6.07) is 5.86. The van der Waals surface area contributed by atoms with Crippen molar-refractivity contribution in [2.45, 2.75) is 65.9 Å². The molecule has 0 saturated heterocycles. The Morgan fingerprint density at radius 3 is 2.11 bits per heavy atom. The normalized spacial score (nSPS) is 13.4. The summed E-state index contributed by atoms with van der Waals surface area (Å²) in [5, 5.41) is 4.38. The second-order valence-corrected chi connectivity index (χ2v) is 9.69.